The largest absolute Gasteiger partial charge is 0.506 e. The molecule has 2 N–H and O–H groups in total. The summed E-state index contributed by atoms with van der Waals surface area (Å²) in [6.07, 6.45) is 3.57. The quantitative estimate of drug-likeness (QED) is 0.586. The fourth-order valence-electron chi connectivity index (χ4n) is 3.01. The second kappa shape index (κ2) is 6.01. The molecule has 0 spiro atoms. The van der Waals surface area contributed by atoms with Crippen molar-refractivity contribution in [1.29, 1.82) is 0 Å². The number of nitrogens with zero attached hydrogens (tertiary/aromatic N) is 1. The number of aliphatic hydroxyl groups is 1. The predicted octanol–water partition coefficient (Wildman–Crippen LogP) is 5.71. The molecular weight excluding hydrogens is 437 g/mol. The summed E-state index contributed by atoms with van der Waals surface area (Å²) in [7, 11) is 0. The first-order valence-corrected chi connectivity index (χ1v) is 8.96. The molecule has 6 heteroatoms. The molecule has 0 bridgehead atoms. The van der Waals surface area contributed by atoms with Crippen LogP contribution in [0.1, 0.15) is 18.4 Å². The van der Waals surface area contributed by atoms with Gasteiger partial charge in [0.2, 0.25) is 0 Å². The Morgan fingerprint density at radius 3 is 2.60 bits per heavy atom. The van der Waals surface area contributed by atoms with Crippen LogP contribution < -0.4 is 10.2 Å². The van der Waals surface area contributed by atoms with E-state index in [9.17, 15) is 13.9 Å². The third-order valence-corrected chi connectivity index (χ3v) is 5.04. The van der Waals surface area contributed by atoms with E-state index < -0.39 is 11.6 Å². The second-order valence-corrected chi connectivity index (χ2v) is 7.47. The van der Waals surface area contributed by atoms with Crippen molar-refractivity contribution >= 4 is 45.2 Å². The fraction of sp³-hybridized carbons (Fsp3) is 0.158. The summed E-state index contributed by atoms with van der Waals surface area (Å²) in [6, 6.07) is 7.74. The monoisotopic (exact) mass is 452 g/mol. The van der Waals surface area contributed by atoms with Gasteiger partial charge in [-0.3, -0.25) is 0 Å². The Kier molecular flexibility index (Phi) is 3.94. The average Bonchev–Trinajstić information content (AvgIpc) is 3.38. The van der Waals surface area contributed by atoms with Gasteiger partial charge in [0.1, 0.15) is 17.4 Å². The van der Waals surface area contributed by atoms with Crippen molar-refractivity contribution in [2.75, 3.05) is 10.2 Å². The topological polar surface area (TPSA) is 35.5 Å². The first-order chi connectivity index (χ1) is 11.9. The molecule has 1 heterocycles. The SMILES string of the molecule is C=C1C(O)=CN(C2CC2)c2cc(F)cc(Nc3ccc(I)cc3F)c21. The number of hydrogen-bond donors (Lipinski definition) is 2. The van der Waals surface area contributed by atoms with Crippen LogP contribution in [0, 0.1) is 15.2 Å². The molecule has 0 saturated heterocycles. The van der Waals surface area contributed by atoms with E-state index in [2.05, 4.69) is 11.9 Å². The van der Waals surface area contributed by atoms with Crippen molar-refractivity contribution in [2.45, 2.75) is 18.9 Å². The summed E-state index contributed by atoms with van der Waals surface area (Å²) in [5.41, 5.74) is 2.24. The molecule has 1 saturated carbocycles. The van der Waals surface area contributed by atoms with Gasteiger partial charge in [-0.1, -0.05) is 6.58 Å². The predicted molar refractivity (Wildman–Crippen MR) is 104 cm³/mol. The van der Waals surface area contributed by atoms with E-state index in [4.69, 9.17) is 0 Å². The smallest absolute Gasteiger partial charge is 0.147 e. The molecule has 2 aromatic carbocycles. The zero-order chi connectivity index (χ0) is 17.7. The van der Waals surface area contributed by atoms with Crippen molar-refractivity contribution in [1.82, 2.24) is 0 Å². The molecule has 2 aromatic rings. The van der Waals surface area contributed by atoms with E-state index >= 15 is 0 Å². The van der Waals surface area contributed by atoms with E-state index in [1.165, 1.54) is 18.2 Å². The number of aliphatic hydroxyl groups excluding tert-OH is 1. The standard InChI is InChI=1S/C19H15F2IN2O/c1-10-18(25)9-24(13-3-4-13)17-7-11(20)6-16(19(10)17)23-15-5-2-12(22)8-14(15)21/h2,5-9,13,23,25H,1,3-4H2. The Morgan fingerprint density at radius 2 is 1.92 bits per heavy atom. The van der Waals surface area contributed by atoms with Crippen molar-refractivity contribution < 1.29 is 13.9 Å². The number of allylic oxidation sites excluding steroid dienone is 1. The normalized spacial score (nSPS) is 16.5. The summed E-state index contributed by atoms with van der Waals surface area (Å²) in [5.74, 6) is -0.817. The molecule has 1 aliphatic carbocycles. The highest BCUT2D eigenvalue weighted by Crippen LogP contribution is 2.45. The van der Waals surface area contributed by atoms with Gasteiger partial charge in [-0.2, -0.15) is 0 Å². The summed E-state index contributed by atoms with van der Waals surface area (Å²) in [4.78, 5) is 1.87. The van der Waals surface area contributed by atoms with E-state index in [0.29, 0.717) is 22.5 Å². The molecule has 0 atom stereocenters. The number of nitrogens with one attached hydrogen (secondary N) is 1. The Bertz CT molecular complexity index is 922. The van der Waals surface area contributed by atoms with Gasteiger partial charge in [-0.15, -0.1) is 0 Å². The lowest BCUT2D eigenvalue weighted by atomic mass is 9.97. The van der Waals surface area contributed by atoms with Crippen molar-refractivity contribution in [3.63, 3.8) is 0 Å². The molecule has 0 unspecified atom stereocenters. The van der Waals surface area contributed by atoms with E-state index in [1.54, 1.807) is 18.3 Å². The average molecular weight is 452 g/mol. The van der Waals surface area contributed by atoms with Crippen LogP contribution >= 0.6 is 22.6 Å². The summed E-state index contributed by atoms with van der Waals surface area (Å²) < 4.78 is 29.2. The zero-order valence-electron chi connectivity index (χ0n) is 13.2. The zero-order valence-corrected chi connectivity index (χ0v) is 15.3. The number of anilines is 3. The molecule has 2 aliphatic rings. The van der Waals surface area contributed by atoms with E-state index in [1.807, 2.05) is 27.5 Å². The molecule has 4 rings (SSSR count). The third kappa shape index (κ3) is 2.99. The Labute approximate surface area is 157 Å². The molecule has 1 aliphatic heterocycles. The number of benzene rings is 2. The lowest BCUT2D eigenvalue weighted by Gasteiger charge is -2.30. The number of fused-ring (bicyclic) bond motifs is 1. The minimum Gasteiger partial charge on any atom is -0.506 e. The van der Waals surface area contributed by atoms with Gasteiger partial charge in [0.25, 0.3) is 0 Å². The Morgan fingerprint density at radius 1 is 1.16 bits per heavy atom. The maximum Gasteiger partial charge on any atom is 0.147 e. The van der Waals surface area contributed by atoms with E-state index in [0.717, 1.165) is 16.4 Å². The van der Waals surface area contributed by atoms with Crippen LogP contribution in [0.5, 0.6) is 0 Å². The lowest BCUT2D eigenvalue weighted by molar-refractivity contribution is 0.433. The summed E-state index contributed by atoms with van der Waals surface area (Å²) in [5, 5.41) is 13.2. The minimum absolute atomic E-state index is 0.0390. The van der Waals surface area contributed by atoms with Crippen LogP contribution in [-0.4, -0.2) is 11.1 Å². The fourth-order valence-corrected chi connectivity index (χ4v) is 3.46. The van der Waals surface area contributed by atoms with Crippen LogP contribution in [0.15, 0.2) is 48.9 Å². The lowest BCUT2D eigenvalue weighted by Crippen LogP contribution is -2.24. The Balaban J connectivity index is 1.83. The van der Waals surface area contributed by atoms with Crippen LogP contribution in [0.3, 0.4) is 0 Å². The van der Waals surface area contributed by atoms with Crippen molar-refractivity contribution in [3.8, 4) is 0 Å². The molecule has 3 nitrogen and oxygen atoms in total. The second-order valence-electron chi connectivity index (χ2n) is 6.23. The van der Waals surface area contributed by atoms with Crippen LogP contribution in [-0.2, 0) is 0 Å². The van der Waals surface area contributed by atoms with Crippen LogP contribution in [0.4, 0.5) is 25.8 Å². The molecule has 0 radical (unpaired) electrons. The first-order valence-electron chi connectivity index (χ1n) is 7.88. The van der Waals surface area contributed by atoms with Gasteiger partial charge in [-0.25, -0.2) is 8.78 Å². The van der Waals surface area contributed by atoms with Crippen LogP contribution in [0.25, 0.3) is 5.57 Å². The molecule has 128 valence electrons. The molecular formula is C19H15F2IN2O. The third-order valence-electron chi connectivity index (χ3n) is 4.37. The number of hydrogen-bond acceptors (Lipinski definition) is 3. The van der Waals surface area contributed by atoms with E-state index in [-0.39, 0.29) is 17.5 Å². The summed E-state index contributed by atoms with van der Waals surface area (Å²) in [6.45, 7) is 3.92. The molecule has 25 heavy (non-hydrogen) atoms. The minimum atomic E-state index is -0.430. The molecule has 0 aromatic heterocycles. The Hall–Kier alpha value is -2.09. The van der Waals surface area contributed by atoms with Gasteiger partial charge in [0, 0.05) is 26.9 Å². The highest BCUT2D eigenvalue weighted by molar-refractivity contribution is 14.1. The van der Waals surface area contributed by atoms with Gasteiger partial charge in [0.05, 0.1) is 17.1 Å². The number of rotatable bonds is 3. The summed E-state index contributed by atoms with van der Waals surface area (Å²) >= 11 is 2.03. The molecule has 0 amide bonds. The number of halogens is 3. The highest BCUT2D eigenvalue weighted by atomic mass is 127. The van der Waals surface area contributed by atoms with Gasteiger partial charge in [0.15, 0.2) is 0 Å². The van der Waals surface area contributed by atoms with Gasteiger partial charge in [-0.05, 0) is 65.8 Å². The highest BCUT2D eigenvalue weighted by Gasteiger charge is 2.34. The van der Waals surface area contributed by atoms with Crippen LogP contribution in [0.2, 0.25) is 0 Å². The first kappa shape index (κ1) is 16.4. The maximum atomic E-state index is 14.2. The van der Waals surface area contributed by atoms with Crippen molar-refractivity contribution in [2.24, 2.45) is 0 Å². The van der Waals surface area contributed by atoms with Gasteiger partial charge >= 0.3 is 0 Å². The van der Waals surface area contributed by atoms with Crippen molar-refractivity contribution in [3.05, 3.63) is 69.6 Å². The maximum absolute atomic E-state index is 14.2. The molecule has 1 fully saturated rings. The van der Waals surface area contributed by atoms with Gasteiger partial charge < -0.3 is 15.3 Å².